The van der Waals surface area contributed by atoms with Crippen LogP contribution in [0.5, 0.6) is 11.5 Å². The molecular formula is C14H11Cl2NO4S. The third kappa shape index (κ3) is 2.82. The van der Waals surface area contributed by atoms with Crippen LogP contribution in [-0.4, -0.2) is 15.2 Å². The molecule has 0 fully saturated rings. The zero-order valence-corrected chi connectivity index (χ0v) is 13.7. The van der Waals surface area contributed by atoms with E-state index in [4.69, 9.17) is 32.7 Å². The molecule has 0 aliphatic carbocycles. The molecule has 0 saturated carbocycles. The summed E-state index contributed by atoms with van der Waals surface area (Å²) in [6, 6.07) is 7.61. The first-order valence-corrected chi connectivity index (χ1v) is 8.49. The molecule has 2 aromatic rings. The molecule has 0 amide bonds. The average Bonchev–Trinajstić information content (AvgIpc) is 2.89. The Hall–Kier alpha value is -1.63. The van der Waals surface area contributed by atoms with E-state index >= 15 is 0 Å². The first kappa shape index (κ1) is 15.3. The summed E-state index contributed by atoms with van der Waals surface area (Å²) in [5.41, 5.74) is 0.977. The highest BCUT2D eigenvalue weighted by atomic mass is 35.5. The molecule has 1 heterocycles. The number of anilines is 1. The second-order valence-electron chi connectivity index (χ2n) is 4.71. The number of hydrogen-bond donors (Lipinski definition) is 1. The smallest absolute Gasteiger partial charge is 0.263 e. The number of hydrogen-bond acceptors (Lipinski definition) is 4. The third-order valence-corrected chi connectivity index (χ3v) is 5.38. The molecule has 3 rings (SSSR count). The molecule has 22 heavy (non-hydrogen) atoms. The number of benzene rings is 2. The SMILES string of the molecule is Cc1cc(S(=O)(=O)Nc2ccc3c(c2)OCO3)c(Cl)cc1Cl. The Morgan fingerprint density at radius 1 is 1.05 bits per heavy atom. The Morgan fingerprint density at radius 3 is 2.55 bits per heavy atom. The van der Waals surface area contributed by atoms with Crippen molar-refractivity contribution in [3.63, 3.8) is 0 Å². The van der Waals surface area contributed by atoms with E-state index in [0.29, 0.717) is 27.8 Å². The van der Waals surface area contributed by atoms with Crippen molar-refractivity contribution in [2.24, 2.45) is 0 Å². The molecule has 5 nitrogen and oxygen atoms in total. The fourth-order valence-electron chi connectivity index (χ4n) is 2.01. The predicted octanol–water partition coefficient (Wildman–Crippen LogP) is 3.83. The summed E-state index contributed by atoms with van der Waals surface area (Å²) < 4.78 is 37.8. The zero-order valence-electron chi connectivity index (χ0n) is 11.4. The van der Waals surface area contributed by atoms with Crippen LogP contribution in [0.1, 0.15) is 5.56 Å². The topological polar surface area (TPSA) is 64.6 Å². The van der Waals surface area contributed by atoms with Crippen molar-refractivity contribution in [2.75, 3.05) is 11.5 Å². The number of aryl methyl sites for hydroxylation is 1. The fraction of sp³-hybridized carbons (Fsp3) is 0.143. The molecule has 0 radical (unpaired) electrons. The van der Waals surface area contributed by atoms with Gasteiger partial charge in [0.2, 0.25) is 6.79 Å². The highest BCUT2D eigenvalue weighted by molar-refractivity contribution is 7.92. The Kier molecular flexibility index (Phi) is 3.84. The van der Waals surface area contributed by atoms with Gasteiger partial charge in [-0.1, -0.05) is 23.2 Å². The Bertz CT molecular complexity index is 852. The minimum Gasteiger partial charge on any atom is -0.454 e. The van der Waals surface area contributed by atoms with Gasteiger partial charge in [-0.3, -0.25) is 4.72 Å². The largest absolute Gasteiger partial charge is 0.454 e. The number of fused-ring (bicyclic) bond motifs is 1. The molecule has 0 atom stereocenters. The van der Waals surface area contributed by atoms with Crippen LogP contribution in [0.15, 0.2) is 35.2 Å². The summed E-state index contributed by atoms with van der Waals surface area (Å²) >= 11 is 11.9. The van der Waals surface area contributed by atoms with Gasteiger partial charge in [-0.2, -0.15) is 0 Å². The van der Waals surface area contributed by atoms with E-state index in [9.17, 15) is 8.42 Å². The number of ether oxygens (including phenoxy) is 2. The molecule has 1 N–H and O–H groups in total. The van der Waals surface area contributed by atoms with E-state index in [0.717, 1.165) is 0 Å². The number of halogens is 2. The van der Waals surface area contributed by atoms with Crippen LogP contribution >= 0.6 is 23.2 Å². The Labute approximate surface area is 137 Å². The second kappa shape index (κ2) is 5.53. The van der Waals surface area contributed by atoms with Gasteiger partial charge in [-0.05, 0) is 36.8 Å². The van der Waals surface area contributed by atoms with Gasteiger partial charge in [0, 0.05) is 11.1 Å². The van der Waals surface area contributed by atoms with Crippen LogP contribution in [0.25, 0.3) is 0 Å². The van der Waals surface area contributed by atoms with Crippen molar-refractivity contribution in [1.29, 1.82) is 0 Å². The summed E-state index contributed by atoms with van der Waals surface area (Å²) in [4.78, 5) is -0.0336. The van der Waals surface area contributed by atoms with E-state index < -0.39 is 10.0 Å². The molecule has 1 aliphatic rings. The highest BCUT2D eigenvalue weighted by Gasteiger charge is 2.21. The molecule has 0 aromatic heterocycles. The lowest BCUT2D eigenvalue weighted by Gasteiger charge is -2.11. The van der Waals surface area contributed by atoms with Gasteiger partial charge in [0.05, 0.1) is 10.7 Å². The van der Waals surface area contributed by atoms with E-state index in [2.05, 4.69) is 4.72 Å². The molecule has 116 valence electrons. The summed E-state index contributed by atoms with van der Waals surface area (Å²) in [6.07, 6.45) is 0. The van der Waals surface area contributed by atoms with Crippen LogP contribution in [0, 0.1) is 6.92 Å². The quantitative estimate of drug-likeness (QED) is 0.904. The van der Waals surface area contributed by atoms with Gasteiger partial charge >= 0.3 is 0 Å². The van der Waals surface area contributed by atoms with Gasteiger partial charge in [0.15, 0.2) is 11.5 Å². The first-order valence-electron chi connectivity index (χ1n) is 6.25. The van der Waals surface area contributed by atoms with Crippen LogP contribution < -0.4 is 14.2 Å². The lowest BCUT2D eigenvalue weighted by atomic mass is 10.2. The van der Waals surface area contributed by atoms with Crippen LogP contribution in [0.3, 0.4) is 0 Å². The number of rotatable bonds is 3. The number of sulfonamides is 1. The van der Waals surface area contributed by atoms with E-state index in [-0.39, 0.29) is 16.7 Å². The van der Waals surface area contributed by atoms with Crippen molar-refractivity contribution < 1.29 is 17.9 Å². The van der Waals surface area contributed by atoms with Crippen LogP contribution in [0.2, 0.25) is 10.0 Å². The van der Waals surface area contributed by atoms with Crippen molar-refractivity contribution in [2.45, 2.75) is 11.8 Å². The maximum Gasteiger partial charge on any atom is 0.263 e. The van der Waals surface area contributed by atoms with Gasteiger partial charge in [-0.15, -0.1) is 0 Å². The second-order valence-corrected chi connectivity index (χ2v) is 7.17. The third-order valence-electron chi connectivity index (χ3n) is 3.13. The molecule has 2 aromatic carbocycles. The van der Waals surface area contributed by atoms with Crippen molar-refractivity contribution >= 4 is 38.9 Å². The highest BCUT2D eigenvalue weighted by Crippen LogP contribution is 2.35. The summed E-state index contributed by atoms with van der Waals surface area (Å²) in [7, 11) is -3.84. The van der Waals surface area contributed by atoms with E-state index in [1.807, 2.05) is 0 Å². The van der Waals surface area contributed by atoms with Crippen LogP contribution in [0.4, 0.5) is 5.69 Å². The van der Waals surface area contributed by atoms with E-state index in [1.54, 1.807) is 25.1 Å². The lowest BCUT2D eigenvalue weighted by molar-refractivity contribution is 0.174. The fourth-order valence-corrected chi connectivity index (χ4v) is 3.89. The Morgan fingerprint density at radius 2 is 1.77 bits per heavy atom. The van der Waals surface area contributed by atoms with Crippen molar-refractivity contribution in [1.82, 2.24) is 0 Å². The van der Waals surface area contributed by atoms with E-state index in [1.165, 1.54) is 12.1 Å². The molecule has 0 saturated heterocycles. The minimum absolute atomic E-state index is 0.0336. The van der Waals surface area contributed by atoms with Gasteiger partial charge in [0.25, 0.3) is 10.0 Å². The first-order chi connectivity index (χ1) is 10.4. The zero-order chi connectivity index (χ0) is 15.9. The molecule has 1 aliphatic heterocycles. The molecule has 0 spiro atoms. The predicted molar refractivity (Wildman–Crippen MR) is 84.6 cm³/mol. The summed E-state index contributed by atoms with van der Waals surface area (Å²) in [5, 5.41) is 0.468. The molecule has 0 unspecified atom stereocenters. The maximum absolute atomic E-state index is 12.5. The van der Waals surface area contributed by atoms with Gasteiger partial charge in [-0.25, -0.2) is 8.42 Å². The lowest BCUT2D eigenvalue weighted by Crippen LogP contribution is -2.13. The maximum atomic E-state index is 12.5. The van der Waals surface area contributed by atoms with Gasteiger partial charge < -0.3 is 9.47 Å². The van der Waals surface area contributed by atoms with Crippen molar-refractivity contribution in [3.05, 3.63) is 45.9 Å². The summed E-state index contributed by atoms with van der Waals surface area (Å²) in [6.45, 7) is 1.83. The molecule has 0 bridgehead atoms. The molecular weight excluding hydrogens is 349 g/mol. The standard InChI is InChI=1S/C14H11Cl2NO4S/c1-8-4-14(11(16)6-10(8)15)22(18,19)17-9-2-3-12-13(5-9)21-7-20-12/h2-6,17H,7H2,1H3. The van der Waals surface area contributed by atoms with Gasteiger partial charge in [0.1, 0.15) is 4.90 Å². The Balaban J connectivity index is 1.96. The minimum atomic E-state index is -3.84. The monoisotopic (exact) mass is 359 g/mol. The normalized spacial score (nSPS) is 13.2. The average molecular weight is 360 g/mol. The van der Waals surface area contributed by atoms with Crippen molar-refractivity contribution in [3.8, 4) is 11.5 Å². The number of nitrogens with one attached hydrogen (secondary N) is 1. The van der Waals surface area contributed by atoms with Crippen LogP contribution in [-0.2, 0) is 10.0 Å². The molecule has 8 heteroatoms. The summed E-state index contributed by atoms with van der Waals surface area (Å²) in [5.74, 6) is 1.06.